The Bertz CT molecular complexity index is 459. The predicted octanol–water partition coefficient (Wildman–Crippen LogP) is 2.31. The van der Waals surface area contributed by atoms with E-state index >= 15 is 0 Å². The number of halogens is 3. The molecule has 1 aliphatic rings. The Morgan fingerprint density at radius 3 is 2.67 bits per heavy atom. The first-order valence-corrected chi connectivity index (χ1v) is 5.52. The van der Waals surface area contributed by atoms with Gasteiger partial charge >= 0.3 is 12.1 Å². The Hall–Kier alpha value is -1.72. The molecule has 6 heteroatoms. The lowest BCUT2D eigenvalue weighted by Gasteiger charge is -2.25. The molecule has 1 atom stereocenters. The number of carboxylic acids is 1. The van der Waals surface area contributed by atoms with Gasteiger partial charge in [-0.3, -0.25) is 4.79 Å². The predicted molar refractivity (Wildman–Crippen MR) is 59.5 cm³/mol. The van der Waals surface area contributed by atoms with Gasteiger partial charge in [0.1, 0.15) is 0 Å². The highest BCUT2D eigenvalue weighted by Crippen LogP contribution is 2.32. The largest absolute Gasteiger partial charge is 0.481 e. The molecule has 0 saturated heterocycles. The van der Waals surface area contributed by atoms with Crippen molar-refractivity contribution in [2.24, 2.45) is 5.92 Å². The average molecular weight is 259 g/mol. The van der Waals surface area contributed by atoms with Crippen LogP contribution < -0.4 is 4.90 Å². The number of alkyl halides is 3. The van der Waals surface area contributed by atoms with E-state index in [1.807, 2.05) is 12.1 Å². The molecule has 0 amide bonds. The third-order valence-electron chi connectivity index (χ3n) is 3.08. The number of nitrogens with zero attached hydrogens (tertiary/aromatic N) is 1. The smallest absolute Gasteiger partial charge is 0.403 e. The van der Waals surface area contributed by atoms with Gasteiger partial charge in [0.2, 0.25) is 0 Å². The topological polar surface area (TPSA) is 40.5 Å². The number of rotatable bonds is 3. The highest BCUT2D eigenvalue weighted by Gasteiger charge is 2.46. The summed E-state index contributed by atoms with van der Waals surface area (Å²) in [6.07, 6.45) is -4.07. The Balaban J connectivity index is 2.18. The van der Waals surface area contributed by atoms with Crippen LogP contribution in [0.3, 0.4) is 0 Å². The normalized spacial score (nSPS) is 16.5. The summed E-state index contributed by atoms with van der Waals surface area (Å²) in [6, 6.07) is 7.12. The fourth-order valence-corrected chi connectivity index (χ4v) is 2.14. The van der Waals surface area contributed by atoms with Crippen LogP contribution in [0.5, 0.6) is 0 Å². The number of benzene rings is 1. The maximum Gasteiger partial charge on any atom is 0.403 e. The first-order chi connectivity index (χ1) is 8.39. The molecule has 0 radical (unpaired) electrons. The summed E-state index contributed by atoms with van der Waals surface area (Å²) >= 11 is 0. The minimum atomic E-state index is -4.72. The summed E-state index contributed by atoms with van der Waals surface area (Å²) in [7, 11) is 0. The van der Waals surface area contributed by atoms with Gasteiger partial charge in [0.25, 0.3) is 0 Å². The Kier molecular flexibility index (Phi) is 3.19. The lowest BCUT2D eigenvalue weighted by Crippen LogP contribution is -2.40. The zero-order chi connectivity index (χ0) is 13.3. The van der Waals surface area contributed by atoms with Gasteiger partial charge < -0.3 is 10.0 Å². The standard InChI is InChI=1S/C12H12F3NO2/c13-12(14,15)9(11(17)18)7-16-6-5-8-3-1-2-4-10(8)16/h1-4,9H,5-7H2,(H,17,18). The number of hydrogen-bond donors (Lipinski definition) is 1. The van der Waals surface area contributed by atoms with E-state index in [0.717, 1.165) is 5.56 Å². The van der Waals surface area contributed by atoms with E-state index in [1.54, 1.807) is 12.1 Å². The maximum absolute atomic E-state index is 12.6. The summed E-state index contributed by atoms with van der Waals surface area (Å²) in [5.41, 5.74) is 1.66. The number of hydrogen-bond acceptors (Lipinski definition) is 2. The molecule has 0 aliphatic carbocycles. The van der Waals surface area contributed by atoms with Crippen molar-refractivity contribution >= 4 is 11.7 Å². The molecular formula is C12H12F3NO2. The highest BCUT2D eigenvalue weighted by atomic mass is 19.4. The van der Waals surface area contributed by atoms with Crippen molar-refractivity contribution in [2.45, 2.75) is 12.6 Å². The second-order valence-electron chi connectivity index (χ2n) is 4.26. The number of carboxylic acid groups (broad SMARTS) is 1. The van der Waals surface area contributed by atoms with Gasteiger partial charge in [-0.05, 0) is 18.1 Å². The molecule has 18 heavy (non-hydrogen) atoms. The molecule has 1 heterocycles. The molecule has 1 unspecified atom stereocenters. The Morgan fingerprint density at radius 1 is 1.39 bits per heavy atom. The van der Waals surface area contributed by atoms with Crippen molar-refractivity contribution in [3.63, 3.8) is 0 Å². The first-order valence-electron chi connectivity index (χ1n) is 5.52. The molecule has 0 fully saturated rings. The minimum absolute atomic E-state index is 0.430. The lowest BCUT2D eigenvalue weighted by molar-refractivity contribution is -0.191. The van der Waals surface area contributed by atoms with Gasteiger partial charge in [-0.1, -0.05) is 18.2 Å². The molecule has 1 aromatic rings. The van der Waals surface area contributed by atoms with Crippen LogP contribution in [0, 0.1) is 5.92 Å². The van der Waals surface area contributed by atoms with E-state index in [1.165, 1.54) is 4.90 Å². The van der Waals surface area contributed by atoms with Gasteiger partial charge in [0.15, 0.2) is 5.92 Å². The van der Waals surface area contributed by atoms with Crippen LogP contribution in [0.15, 0.2) is 24.3 Å². The van der Waals surface area contributed by atoms with Gasteiger partial charge in [-0.2, -0.15) is 13.2 Å². The van der Waals surface area contributed by atoms with Crippen LogP contribution in [0.1, 0.15) is 5.56 Å². The van der Waals surface area contributed by atoms with Crippen LogP contribution in [0.2, 0.25) is 0 Å². The fraction of sp³-hybridized carbons (Fsp3) is 0.417. The van der Waals surface area contributed by atoms with E-state index in [-0.39, 0.29) is 0 Å². The van der Waals surface area contributed by atoms with E-state index < -0.39 is 24.6 Å². The Morgan fingerprint density at radius 2 is 2.06 bits per heavy atom. The molecule has 1 aliphatic heterocycles. The van der Waals surface area contributed by atoms with Crippen molar-refractivity contribution < 1.29 is 23.1 Å². The molecule has 3 nitrogen and oxygen atoms in total. The van der Waals surface area contributed by atoms with Gasteiger partial charge in [0, 0.05) is 18.8 Å². The molecule has 2 rings (SSSR count). The van der Waals surface area contributed by atoms with Crippen molar-refractivity contribution in [2.75, 3.05) is 18.0 Å². The molecular weight excluding hydrogens is 247 g/mol. The molecule has 1 aromatic carbocycles. The van der Waals surface area contributed by atoms with Crippen molar-refractivity contribution in [1.29, 1.82) is 0 Å². The van der Waals surface area contributed by atoms with Crippen molar-refractivity contribution in [3.8, 4) is 0 Å². The van der Waals surface area contributed by atoms with Crippen molar-refractivity contribution in [3.05, 3.63) is 29.8 Å². The van der Waals surface area contributed by atoms with Crippen LogP contribution in [-0.2, 0) is 11.2 Å². The highest BCUT2D eigenvalue weighted by molar-refractivity contribution is 5.72. The zero-order valence-electron chi connectivity index (χ0n) is 9.44. The van der Waals surface area contributed by atoms with Crippen LogP contribution in [0.25, 0.3) is 0 Å². The number of aliphatic carboxylic acids is 1. The fourth-order valence-electron chi connectivity index (χ4n) is 2.14. The van der Waals surface area contributed by atoms with Crippen LogP contribution in [-0.4, -0.2) is 30.3 Å². The number of para-hydroxylation sites is 1. The number of fused-ring (bicyclic) bond motifs is 1. The number of carbonyl (C=O) groups is 1. The molecule has 0 bridgehead atoms. The van der Waals surface area contributed by atoms with Crippen molar-refractivity contribution in [1.82, 2.24) is 0 Å². The van der Waals surface area contributed by atoms with E-state index in [0.29, 0.717) is 18.7 Å². The SMILES string of the molecule is O=C(O)C(CN1CCc2ccccc21)C(F)(F)F. The second kappa shape index (κ2) is 4.51. The number of anilines is 1. The van der Waals surface area contributed by atoms with Crippen LogP contribution in [0.4, 0.5) is 18.9 Å². The van der Waals surface area contributed by atoms with Gasteiger partial charge in [0.05, 0.1) is 0 Å². The quantitative estimate of drug-likeness (QED) is 0.905. The molecule has 0 saturated carbocycles. The molecule has 1 N–H and O–H groups in total. The molecule has 98 valence electrons. The van der Waals surface area contributed by atoms with Crippen LogP contribution >= 0.6 is 0 Å². The van der Waals surface area contributed by atoms with E-state index in [2.05, 4.69) is 0 Å². The summed E-state index contributed by atoms with van der Waals surface area (Å²) < 4.78 is 37.8. The summed E-state index contributed by atoms with van der Waals surface area (Å²) in [4.78, 5) is 12.2. The monoisotopic (exact) mass is 259 g/mol. The molecule has 0 spiro atoms. The maximum atomic E-state index is 12.6. The second-order valence-corrected chi connectivity index (χ2v) is 4.26. The van der Waals surface area contributed by atoms with Gasteiger partial charge in [-0.15, -0.1) is 0 Å². The first kappa shape index (κ1) is 12.7. The minimum Gasteiger partial charge on any atom is -0.481 e. The Labute approximate surface area is 102 Å². The summed E-state index contributed by atoms with van der Waals surface area (Å²) in [6.45, 7) is -0.102. The zero-order valence-corrected chi connectivity index (χ0v) is 9.44. The van der Waals surface area contributed by atoms with E-state index in [4.69, 9.17) is 5.11 Å². The van der Waals surface area contributed by atoms with Gasteiger partial charge in [-0.25, -0.2) is 0 Å². The average Bonchev–Trinajstić information content (AvgIpc) is 2.67. The summed E-state index contributed by atoms with van der Waals surface area (Å²) in [5.74, 6) is -4.17. The summed E-state index contributed by atoms with van der Waals surface area (Å²) in [5, 5.41) is 8.67. The third-order valence-corrected chi connectivity index (χ3v) is 3.08. The third kappa shape index (κ3) is 2.42. The lowest BCUT2D eigenvalue weighted by atomic mass is 10.1. The molecule has 0 aromatic heterocycles. The van der Waals surface area contributed by atoms with E-state index in [9.17, 15) is 18.0 Å².